The van der Waals surface area contributed by atoms with Gasteiger partial charge in [-0.15, -0.1) is 0 Å². The van der Waals surface area contributed by atoms with Crippen LogP contribution in [-0.2, 0) is 5.41 Å². The van der Waals surface area contributed by atoms with Crippen molar-refractivity contribution >= 4 is 11.6 Å². The Morgan fingerprint density at radius 2 is 1.00 bits per heavy atom. The first-order valence-electron chi connectivity index (χ1n) is 7.03. The van der Waals surface area contributed by atoms with E-state index in [1.165, 1.54) is 24.3 Å². The summed E-state index contributed by atoms with van der Waals surface area (Å²) in [5, 5.41) is 38.8. The summed E-state index contributed by atoms with van der Waals surface area (Å²) in [5.41, 5.74) is 0.446. The predicted octanol–water partition coefficient (Wildman–Crippen LogP) is 1.97. The highest BCUT2D eigenvalue weighted by atomic mass is 16.3. The SMILES string of the molecule is O=C1CC2(CC(=O)c3cc(O)c(O)cc32)c2cc(O)c(O)cc21. The number of fused-ring (bicyclic) bond motifs is 4. The summed E-state index contributed by atoms with van der Waals surface area (Å²) in [4.78, 5) is 24.7. The number of rotatable bonds is 0. The Morgan fingerprint density at radius 3 is 1.39 bits per heavy atom. The van der Waals surface area contributed by atoms with Gasteiger partial charge >= 0.3 is 0 Å². The number of hydrogen-bond acceptors (Lipinski definition) is 6. The van der Waals surface area contributed by atoms with Crippen molar-refractivity contribution in [3.8, 4) is 23.0 Å². The minimum atomic E-state index is -0.977. The van der Waals surface area contributed by atoms with Crippen LogP contribution in [0.25, 0.3) is 0 Å². The first kappa shape index (κ1) is 13.6. The second-order valence-corrected chi connectivity index (χ2v) is 6.06. The van der Waals surface area contributed by atoms with Gasteiger partial charge in [-0.2, -0.15) is 0 Å². The zero-order valence-electron chi connectivity index (χ0n) is 11.8. The Hall–Kier alpha value is -3.02. The van der Waals surface area contributed by atoms with Crippen molar-refractivity contribution in [1.82, 2.24) is 0 Å². The molecular formula is C17H12O6. The van der Waals surface area contributed by atoms with Gasteiger partial charge in [-0.05, 0) is 35.4 Å². The van der Waals surface area contributed by atoms with Gasteiger partial charge in [-0.3, -0.25) is 9.59 Å². The molecule has 2 aromatic carbocycles. The molecule has 0 fully saturated rings. The molecule has 2 aliphatic carbocycles. The van der Waals surface area contributed by atoms with Crippen molar-refractivity contribution in [2.45, 2.75) is 18.3 Å². The van der Waals surface area contributed by atoms with Gasteiger partial charge < -0.3 is 20.4 Å². The molecule has 0 heterocycles. The van der Waals surface area contributed by atoms with Crippen LogP contribution >= 0.6 is 0 Å². The minimum absolute atomic E-state index is 0.00812. The van der Waals surface area contributed by atoms with Gasteiger partial charge in [0.05, 0.1) is 0 Å². The fourth-order valence-electron chi connectivity index (χ4n) is 3.73. The van der Waals surface area contributed by atoms with Crippen LogP contribution in [0.3, 0.4) is 0 Å². The first-order valence-corrected chi connectivity index (χ1v) is 7.03. The number of Topliss-reactive ketones (excluding diaryl/α,β-unsaturated/α-hetero) is 2. The van der Waals surface area contributed by atoms with E-state index in [1.54, 1.807) is 0 Å². The monoisotopic (exact) mass is 312 g/mol. The molecule has 0 radical (unpaired) electrons. The third kappa shape index (κ3) is 1.57. The summed E-state index contributed by atoms with van der Waals surface area (Å²) in [6, 6.07) is 4.98. The molecule has 0 saturated heterocycles. The number of aromatic hydroxyl groups is 4. The van der Waals surface area contributed by atoms with E-state index in [0.29, 0.717) is 11.1 Å². The molecule has 1 spiro atoms. The normalized spacial score (nSPS) is 17.6. The van der Waals surface area contributed by atoms with Crippen molar-refractivity contribution in [2.24, 2.45) is 0 Å². The first-order chi connectivity index (χ1) is 10.8. The Balaban J connectivity index is 2.04. The van der Waals surface area contributed by atoms with Gasteiger partial charge in [0.1, 0.15) is 0 Å². The molecule has 116 valence electrons. The van der Waals surface area contributed by atoms with Gasteiger partial charge in [-0.25, -0.2) is 0 Å². The molecule has 0 unspecified atom stereocenters. The van der Waals surface area contributed by atoms with E-state index in [9.17, 15) is 30.0 Å². The lowest BCUT2D eigenvalue weighted by Crippen LogP contribution is -2.22. The van der Waals surface area contributed by atoms with E-state index in [4.69, 9.17) is 0 Å². The largest absolute Gasteiger partial charge is 0.504 e. The predicted molar refractivity (Wildman–Crippen MR) is 78.2 cm³/mol. The van der Waals surface area contributed by atoms with Crippen LogP contribution in [0.2, 0.25) is 0 Å². The molecule has 4 rings (SSSR count). The number of phenolic OH excluding ortho intramolecular Hbond substituents is 4. The Labute approximate surface area is 130 Å². The Kier molecular flexibility index (Phi) is 2.39. The highest BCUT2D eigenvalue weighted by Gasteiger charge is 2.52. The highest BCUT2D eigenvalue weighted by molar-refractivity contribution is 6.10. The molecule has 6 heteroatoms. The van der Waals surface area contributed by atoms with E-state index in [1.807, 2.05) is 0 Å². The number of carbonyl (C=O) groups is 2. The molecule has 23 heavy (non-hydrogen) atoms. The summed E-state index contributed by atoms with van der Waals surface area (Å²) in [6.45, 7) is 0. The van der Waals surface area contributed by atoms with Crippen LogP contribution in [0.15, 0.2) is 24.3 Å². The van der Waals surface area contributed by atoms with Gasteiger partial charge in [0.2, 0.25) is 0 Å². The summed E-state index contributed by atoms with van der Waals surface area (Å²) in [6.07, 6.45) is 0.0162. The third-order valence-electron chi connectivity index (χ3n) is 4.79. The van der Waals surface area contributed by atoms with Crippen molar-refractivity contribution in [3.63, 3.8) is 0 Å². The molecule has 2 aromatic rings. The van der Waals surface area contributed by atoms with E-state index < -0.39 is 16.9 Å². The Bertz CT molecular complexity index is 836. The summed E-state index contributed by atoms with van der Waals surface area (Å²) in [5.74, 6) is -2.03. The smallest absolute Gasteiger partial charge is 0.164 e. The fourth-order valence-corrected chi connectivity index (χ4v) is 3.73. The van der Waals surface area contributed by atoms with Crippen LogP contribution in [0.1, 0.15) is 44.7 Å². The van der Waals surface area contributed by atoms with Crippen LogP contribution in [-0.4, -0.2) is 32.0 Å². The van der Waals surface area contributed by atoms with Gasteiger partial charge in [-0.1, -0.05) is 0 Å². The quantitative estimate of drug-likeness (QED) is 0.553. The van der Waals surface area contributed by atoms with Crippen LogP contribution in [0.5, 0.6) is 23.0 Å². The van der Waals surface area contributed by atoms with Crippen molar-refractivity contribution in [1.29, 1.82) is 0 Å². The maximum atomic E-state index is 12.3. The average Bonchev–Trinajstić information content (AvgIpc) is 2.89. The maximum Gasteiger partial charge on any atom is 0.164 e. The molecule has 0 bridgehead atoms. The number of carbonyl (C=O) groups excluding carboxylic acids is 2. The second kappa shape index (κ2) is 4.04. The van der Waals surface area contributed by atoms with Gasteiger partial charge in [0.25, 0.3) is 0 Å². The van der Waals surface area contributed by atoms with Crippen molar-refractivity contribution in [2.75, 3.05) is 0 Å². The molecule has 0 saturated carbocycles. The number of benzene rings is 2. The number of hydrogen-bond donors (Lipinski definition) is 4. The van der Waals surface area contributed by atoms with Crippen LogP contribution < -0.4 is 0 Å². The summed E-state index contributed by atoms with van der Waals surface area (Å²) in [7, 11) is 0. The summed E-state index contributed by atoms with van der Waals surface area (Å²) < 4.78 is 0. The minimum Gasteiger partial charge on any atom is -0.504 e. The van der Waals surface area contributed by atoms with E-state index >= 15 is 0 Å². The van der Waals surface area contributed by atoms with Gasteiger partial charge in [0, 0.05) is 29.4 Å². The number of ketones is 2. The van der Waals surface area contributed by atoms with Gasteiger partial charge in [0.15, 0.2) is 34.6 Å². The molecule has 0 atom stereocenters. The van der Waals surface area contributed by atoms with Crippen LogP contribution in [0.4, 0.5) is 0 Å². The molecule has 0 aromatic heterocycles. The lowest BCUT2D eigenvalue weighted by atomic mass is 9.76. The number of phenols is 4. The lowest BCUT2D eigenvalue weighted by Gasteiger charge is -2.25. The fraction of sp³-hybridized carbons (Fsp3) is 0.176. The molecule has 0 amide bonds. The Morgan fingerprint density at radius 1 is 0.652 bits per heavy atom. The standard InChI is InChI=1S/C17H12O6/c18-11-1-7-9(3-13(11)20)17(5-15(7)22)6-16(23)8-2-12(19)14(21)4-10(8)17/h1-4,18-21H,5-6H2. The van der Waals surface area contributed by atoms with Crippen molar-refractivity contribution in [3.05, 3.63) is 46.5 Å². The van der Waals surface area contributed by atoms with E-state index in [0.717, 1.165) is 0 Å². The third-order valence-corrected chi connectivity index (χ3v) is 4.79. The van der Waals surface area contributed by atoms with E-state index in [-0.39, 0.29) is 47.0 Å². The highest BCUT2D eigenvalue weighted by Crippen LogP contribution is 2.55. The average molecular weight is 312 g/mol. The van der Waals surface area contributed by atoms with Crippen LogP contribution in [0, 0.1) is 0 Å². The topological polar surface area (TPSA) is 115 Å². The zero-order chi connectivity index (χ0) is 16.5. The molecule has 4 N–H and O–H groups in total. The van der Waals surface area contributed by atoms with Crippen molar-refractivity contribution < 1.29 is 30.0 Å². The zero-order valence-corrected chi connectivity index (χ0v) is 11.8. The molecule has 0 aliphatic heterocycles. The second-order valence-electron chi connectivity index (χ2n) is 6.06. The molecular weight excluding hydrogens is 300 g/mol. The molecule has 6 nitrogen and oxygen atoms in total. The summed E-state index contributed by atoms with van der Waals surface area (Å²) >= 11 is 0. The van der Waals surface area contributed by atoms with E-state index in [2.05, 4.69) is 0 Å². The lowest BCUT2D eigenvalue weighted by molar-refractivity contribution is 0.0957. The molecule has 2 aliphatic rings. The maximum absolute atomic E-state index is 12.3.